The molecule has 9 heteroatoms. The Morgan fingerprint density at radius 1 is 1.06 bits per heavy atom. The predicted octanol–water partition coefficient (Wildman–Crippen LogP) is 3.29. The van der Waals surface area contributed by atoms with Gasteiger partial charge < -0.3 is 19.7 Å². The highest BCUT2D eigenvalue weighted by molar-refractivity contribution is 6.10. The first-order valence-electron chi connectivity index (χ1n) is 9.81. The molecule has 3 aromatic rings. The number of hydrogen-bond donors (Lipinski definition) is 1. The van der Waals surface area contributed by atoms with Gasteiger partial charge in [0, 0.05) is 31.6 Å². The number of hydrogen-bond acceptors (Lipinski definition) is 6. The number of nitrogens with one attached hydrogen (secondary N) is 1. The van der Waals surface area contributed by atoms with Gasteiger partial charge in [-0.25, -0.2) is 9.67 Å². The van der Waals surface area contributed by atoms with Gasteiger partial charge in [0.05, 0.1) is 42.9 Å². The fourth-order valence-electron chi connectivity index (χ4n) is 3.26. The van der Waals surface area contributed by atoms with Crippen LogP contribution in [0.25, 0.3) is 11.0 Å². The van der Waals surface area contributed by atoms with Crippen molar-refractivity contribution in [3.8, 4) is 11.5 Å². The van der Waals surface area contributed by atoms with E-state index >= 15 is 0 Å². The Labute approximate surface area is 181 Å². The van der Waals surface area contributed by atoms with E-state index in [1.54, 1.807) is 45.4 Å². The fourth-order valence-corrected chi connectivity index (χ4v) is 3.26. The van der Waals surface area contributed by atoms with E-state index in [4.69, 9.17) is 9.47 Å². The van der Waals surface area contributed by atoms with Crippen molar-refractivity contribution in [1.82, 2.24) is 19.7 Å². The minimum absolute atomic E-state index is 0.149. The van der Waals surface area contributed by atoms with Crippen LogP contribution in [-0.2, 0) is 0 Å². The topological polar surface area (TPSA) is 98.6 Å². The van der Waals surface area contributed by atoms with Crippen molar-refractivity contribution in [2.45, 2.75) is 26.8 Å². The van der Waals surface area contributed by atoms with Crippen molar-refractivity contribution in [2.24, 2.45) is 0 Å². The molecular formula is C22H27N5O4. The first-order chi connectivity index (χ1) is 14.7. The van der Waals surface area contributed by atoms with Gasteiger partial charge in [-0.2, -0.15) is 5.10 Å². The minimum Gasteiger partial charge on any atom is -0.493 e. The van der Waals surface area contributed by atoms with Gasteiger partial charge in [-0.3, -0.25) is 9.59 Å². The van der Waals surface area contributed by atoms with Crippen LogP contribution in [0.5, 0.6) is 11.5 Å². The summed E-state index contributed by atoms with van der Waals surface area (Å²) >= 11 is 0. The van der Waals surface area contributed by atoms with Crippen LogP contribution in [0.3, 0.4) is 0 Å². The van der Waals surface area contributed by atoms with Gasteiger partial charge in [-0.05, 0) is 32.9 Å². The van der Waals surface area contributed by atoms with Crippen molar-refractivity contribution in [1.29, 1.82) is 0 Å². The molecule has 2 amide bonds. The smallest absolute Gasteiger partial charge is 0.257 e. The Hall–Kier alpha value is -3.62. The van der Waals surface area contributed by atoms with Gasteiger partial charge >= 0.3 is 0 Å². The molecule has 9 nitrogen and oxygen atoms in total. The highest BCUT2D eigenvalue weighted by atomic mass is 16.5. The summed E-state index contributed by atoms with van der Waals surface area (Å²) in [7, 11) is 6.25. The van der Waals surface area contributed by atoms with Crippen molar-refractivity contribution in [3.63, 3.8) is 0 Å². The molecule has 31 heavy (non-hydrogen) atoms. The standard InChI is InChI=1S/C22H27N5O4/c1-12(2)27-20-14(11-23-27)8-15(13(3)24-20)21(28)25-17-10-19(31-7)18(30-6)9-16(17)22(29)26(4)5/h8-12H,1-7H3,(H,25,28). The van der Waals surface area contributed by atoms with Crippen LogP contribution >= 0.6 is 0 Å². The molecule has 0 saturated carbocycles. The van der Waals surface area contributed by atoms with Gasteiger partial charge in [0.25, 0.3) is 11.8 Å². The van der Waals surface area contributed by atoms with E-state index in [2.05, 4.69) is 15.4 Å². The van der Waals surface area contributed by atoms with Crippen molar-refractivity contribution in [2.75, 3.05) is 33.6 Å². The molecule has 0 spiro atoms. The minimum atomic E-state index is -0.385. The van der Waals surface area contributed by atoms with E-state index in [1.165, 1.54) is 19.1 Å². The third kappa shape index (κ3) is 4.16. The van der Waals surface area contributed by atoms with Crippen molar-refractivity contribution < 1.29 is 19.1 Å². The molecule has 0 radical (unpaired) electrons. The number of ether oxygens (including phenoxy) is 2. The lowest BCUT2D eigenvalue weighted by Gasteiger charge is -2.18. The second kappa shape index (κ2) is 8.63. The molecule has 2 heterocycles. The number of pyridine rings is 1. The summed E-state index contributed by atoms with van der Waals surface area (Å²) in [5.74, 6) is 0.131. The summed E-state index contributed by atoms with van der Waals surface area (Å²) in [6.45, 7) is 5.81. The van der Waals surface area contributed by atoms with E-state index in [9.17, 15) is 9.59 Å². The molecule has 0 bridgehead atoms. The Kier molecular flexibility index (Phi) is 6.14. The zero-order valence-electron chi connectivity index (χ0n) is 18.8. The molecule has 1 N–H and O–H groups in total. The lowest BCUT2D eigenvalue weighted by molar-refractivity contribution is 0.0828. The zero-order valence-corrected chi connectivity index (χ0v) is 18.8. The average Bonchev–Trinajstić information content (AvgIpc) is 3.14. The van der Waals surface area contributed by atoms with Crippen LogP contribution in [-0.4, -0.2) is 59.8 Å². The number of methoxy groups -OCH3 is 2. The van der Waals surface area contributed by atoms with Gasteiger partial charge in [0.1, 0.15) is 0 Å². The molecule has 0 saturated heterocycles. The van der Waals surface area contributed by atoms with Crippen molar-refractivity contribution in [3.05, 3.63) is 41.2 Å². The van der Waals surface area contributed by atoms with E-state index in [0.717, 1.165) is 11.0 Å². The van der Waals surface area contributed by atoms with Crippen LogP contribution in [0, 0.1) is 6.92 Å². The van der Waals surface area contributed by atoms with Crippen LogP contribution in [0.15, 0.2) is 24.4 Å². The van der Waals surface area contributed by atoms with Crippen LogP contribution in [0.1, 0.15) is 46.3 Å². The molecule has 0 fully saturated rings. The third-order valence-corrected chi connectivity index (χ3v) is 4.90. The number of amides is 2. The average molecular weight is 425 g/mol. The molecule has 0 unspecified atom stereocenters. The lowest BCUT2D eigenvalue weighted by Crippen LogP contribution is -2.24. The van der Waals surface area contributed by atoms with Gasteiger partial charge in [-0.15, -0.1) is 0 Å². The quantitative estimate of drug-likeness (QED) is 0.651. The van der Waals surface area contributed by atoms with Crippen LogP contribution < -0.4 is 14.8 Å². The maximum absolute atomic E-state index is 13.1. The number of rotatable bonds is 6. The van der Waals surface area contributed by atoms with E-state index in [0.29, 0.717) is 28.4 Å². The summed E-state index contributed by atoms with van der Waals surface area (Å²) in [6.07, 6.45) is 1.69. The lowest BCUT2D eigenvalue weighted by atomic mass is 10.1. The zero-order chi connectivity index (χ0) is 22.9. The van der Waals surface area contributed by atoms with Gasteiger partial charge in [0.15, 0.2) is 17.1 Å². The van der Waals surface area contributed by atoms with Crippen LogP contribution in [0.4, 0.5) is 5.69 Å². The summed E-state index contributed by atoms with van der Waals surface area (Å²) in [4.78, 5) is 31.9. The summed E-state index contributed by atoms with van der Waals surface area (Å²) < 4.78 is 12.5. The predicted molar refractivity (Wildman–Crippen MR) is 118 cm³/mol. The highest BCUT2D eigenvalue weighted by Gasteiger charge is 2.22. The summed E-state index contributed by atoms with van der Waals surface area (Å²) in [6, 6.07) is 5.03. The molecule has 3 rings (SSSR count). The fraction of sp³-hybridized carbons (Fsp3) is 0.364. The number of carbonyl (C=O) groups is 2. The number of aromatic nitrogens is 3. The molecule has 1 aromatic carbocycles. The highest BCUT2D eigenvalue weighted by Crippen LogP contribution is 2.34. The number of nitrogens with zero attached hydrogens (tertiary/aromatic N) is 4. The number of benzene rings is 1. The summed E-state index contributed by atoms with van der Waals surface area (Å²) in [5.41, 5.74) is 2.29. The van der Waals surface area contributed by atoms with Gasteiger partial charge in [-0.1, -0.05) is 0 Å². The monoisotopic (exact) mass is 425 g/mol. The SMILES string of the molecule is COc1cc(NC(=O)c2cc3cnn(C(C)C)c3nc2C)c(C(=O)N(C)C)cc1OC. The first kappa shape index (κ1) is 22.1. The Morgan fingerprint density at radius 2 is 1.71 bits per heavy atom. The number of carbonyl (C=O) groups excluding carboxylic acids is 2. The molecule has 0 aliphatic heterocycles. The second-order valence-electron chi connectivity index (χ2n) is 7.62. The Bertz CT molecular complexity index is 1150. The third-order valence-electron chi connectivity index (χ3n) is 4.90. The normalized spacial score (nSPS) is 11.0. The van der Waals surface area contributed by atoms with E-state index < -0.39 is 0 Å². The maximum atomic E-state index is 13.1. The van der Waals surface area contributed by atoms with E-state index in [-0.39, 0.29) is 23.4 Å². The summed E-state index contributed by atoms with van der Waals surface area (Å²) in [5, 5.41) is 7.96. The molecule has 164 valence electrons. The number of aryl methyl sites for hydroxylation is 1. The Balaban J connectivity index is 2.04. The molecule has 0 aliphatic carbocycles. The second-order valence-corrected chi connectivity index (χ2v) is 7.62. The molecule has 0 aliphatic rings. The first-order valence-corrected chi connectivity index (χ1v) is 9.81. The Morgan fingerprint density at radius 3 is 2.29 bits per heavy atom. The molecule has 2 aromatic heterocycles. The van der Waals surface area contributed by atoms with Crippen molar-refractivity contribution >= 4 is 28.5 Å². The van der Waals surface area contributed by atoms with E-state index in [1.807, 2.05) is 18.5 Å². The molecular weight excluding hydrogens is 398 g/mol. The van der Waals surface area contributed by atoms with Crippen LogP contribution in [0.2, 0.25) is 0 Å². The number of fused-ring (bicyclic) bond motifs is 1. The van der Waals surface area contributed by atoms with Gasteiger partial charge in [0.2, 0.25) is 0 Å². The largest absolute Gasteiger partial charge is 0.493 e. The number of anilines is 1. The maximum Gasteiger partial charge on any atom is 0.257 e. The molecule has 0 atom stereocenters.